The molecule has 0 spiro atoms. The first-order valence-electron chi connectivity index (χ1n) is 9.53. The van der Waals surface area contributed by atoms with E-state index in [1.807, 2.05) is 0 Å². The lowest BCUT2D eigenvalue weighted by Gasteiger charge is -1.98. The Bertz CT molecular complexity index is 874. The Kier molecular flexibility index (Phi) is 5.44. The molecule has 4 heteroatoms. The van der Waals surface area contributed by atoms with E-state index < -0.39 is 0 Å². The first-order chi connectivity index (χ1) is 13.3. The minimum absolute atomic E-state index is 0.922. The van der Waals surface area contributed by atoms with Gasteiger partial charge in [0.05, 0.1) is 13.1 Å². The van der Waals surface area contributed by atoms with Crippen LogP contribution in [0.2, 0.25) is 0 Å². The van der Waals surface area contributed by atoms with Crippen LogP contribution in [-0.2, 0) is 26.2 Å². The molecule has 2 aromatic heterocycles. The monoisotopic (exact) mass is 358 g/mol. The van der Waals surface area contributed by atoms with Gasteiger partial charge < -0.3 is 0 Å². The smallest absolute Gasteiger partial charge is 0.237 e. The maximum atomic E-state index is 2.27. The molecular weight excluding hydrogens is 332 g/mol. The van der Waals surface area contributed by atoms with E-state index in [1.165, 1.54) is 11.1 Å². The molecule has 0 fully saturated rings. The Morgan fingerprint density at radius 1 is 0.593 bits per heavy atom. The lowest BCUT2D eigenvalue weighted by atomic mass is 10.2. The van der Waals surface area contributed by atoms with Gasteiger partial charge in [-0.3, -0.25) is 0 Å². The van der Waals surface area contributed by atoms with Crippen molar-refractivity contribution in [1.82, 2.24) is 9.13 Å². The van der Waals surface area contributed by atoms with Crippen molar-refractivity contribution in [2.24, 2.45) is 0 Å². The molecule has 27 heavy (non-hydrogen) atoms. The molecule has 0 aliphatic carbocycles. The molecule has 0 aliphatic rings. The number of hydrogen-bond acceptors (Lipinski definition) is 0. The summed E-state index contributed by atoms with van der Waals surface area (Å²) in [5, 5.41) is 0. The minimum atomic E-state index is 0.922. The largest absolute Gasteiger partial charge is 0.244 e. The Balaban J connectivity index is 1.25. The van der Waals surface area contributed by atoms with Crippen molar-refractivity contribution in [1.29, 1.82) is 0 Å². The molecule has 4 aromatic rings. The van der Waals surface area contributed by atoms with Gasteiger partial charge in [0.2, 0.25) is 12.7 Å². The van der Waals surface area contributed by atoms with Crippen LogP contribution < -0.4 is 9.13 Å². The summed E-state index contributed by atoms with van der Waals surface area (Å²) in [5.41, 5.74) is 2.66. The Morgan fingerprint density at radius 3 is 1.48 bits per heavy atom. The van der Waals surface area contributed by atoms with Gasteiger partial charge in [-0.2, -0.15) is 0 Å². The van der Waals surface area contributed by atoms with Crippen LogP contribution in [-0.4, -0.2) is 9.13 Å². The van der Waals surface area contributed by atoms with Crippen LogP contribution in [0.1, 0.15) is 17.5 Å². The van der Waals surface area contributed by atoms with Crippen molar-refractivity contribution >= 4 is 0 Å². The summed E-state index contributed by atoms with van der Waals surface area (Å²) in [4.78, 5) is 0. The van der Waals surface area contributed by atoms with Crippen molar-refractivity contribution in [3.05, 3.63) is 109 Å². The summed E-state index contributed by atoms with van der Waals surface area (Å²) in [6, 6.07) is 21.2. The van der Waals surface area contributed by atoms with Gasteiger partial charge in [0.25, 0.3) is 0 Å². The zero-order chi connectivity index (χ0) is 18.3. The van der Waals surface area contributed by atoms with Gasteiger partial charge in [-0.1, -0.05) is 60.7 Å². The van der Waals surface area contributed by atoms with Gasteiger partial charge in [0.1, 0.15) is 37.9 Å². The van der Waals surface area contributed by atoms with E-state index in [9.17, 15) is 0 Å². The minimum Gasteiger partial charge on any atom is -0.237 e. The van der Waals surface area contributed by atoms with Crippen LogP contribution in [0.4, 0.5) is 0 Å². The number of imidazole rings is 2. The molecule has 0 saturated heterocycles. The summed E-state index contributed by atoms with van der Waals surface area (Å²) in [5.74, 6) is 0. The number of aryl methyl sites for hydroxylation is 2. The summed E-state index contributed by atoms with van der Waals surface area (Å²) in [7, 11) is 0. The molecule has 4 rings (SSSR count). The predicted molar refractivity (Wildman–Crippen MR) is 105 cm³/mol. The summed E-state index contributed by atoms with van der Waals surface area (Å²) < 4.78 is 9.01. The predicted octanol–water partition coefficient (Wildman–Crippen LogP) is 3.05. The fourth-order valence-electron chi connectivity index (χ4n) is 3.35. The molecule has 0 saturated carbocycles. The maximum Gasteiger partial charge on any atom is 0.244 e. The van der Waals surface area contributed by atoms with Crippen LogP contribution >= 0.6 is 0 Å². The molecule has 0 aliphatic heterocycles. The third-order valence-corrected chi connectivity index (χ3v) is 4.74. The second kappa shape index (κ2) is 8.49. The van der Waals surface area contributed by atoms with Crippen molar-refractivity contribution in [2.45, 2.75) is 32.6 Å². The molecule has 2 aromatic carbocycles. The first kappa shape index (κ1) is 17.3. The molecule has 0 bridgehead atoms. The van der Waals surface area contributed by atoms with Gasteiger partial charge in [-0.15, -0.1) is 0 Å². The van der Waals surface area contributed by atoms with Crippen molar-refractivity contribution in [2.75, 3.05) is 0 Å². The highest BCUT2D eigenvalue weighted by Gasteiger charge is 2.07. The highest BCUT2D eigenvalue weighted by Crippen LogP contribution is 2.00. The van der Waals surface area contributed by atoms with Crippen LogP contribution in [0.25, 0.3) is 0 Å². The van der Waals surface area contributed by atoms with Crippen molar-refractivity contribution < 1.29 is 9.13 Å². The highest BCUT2D eigenvalue weighted by molar-refractivity contribution is 5.13. The zero-order valence-electron chi connectivity index (χ0n) is 15.6. The van der Waals surface area contributed by atoms with Crippen LogP contribution in [0.3, 0.4) is 0 Å². The molecule has 0 unspecified atom stereocenters. The average molecular weight is 358 g/mol. The van der Waals surface area contributed by atoms with E-state index in [1.54, 1.807) is 0 Å². The van der Waals surface area contributed by atoms with Gasteiger partial charge >= 0.3 is 0 Å². The SMILES string of the molecule is c1ccc(C[n+]2ccn(CCCn3cc[n+](Cc4ccccc4)c3)c2)cc1. The number of benzene rings is 2. The molecule has 2 heterocycles. The van der Waals surface area contributed by atoms with E-state index in [2.05, 4.69) is 116 Å². The van der Waals surface area contributed by atoms with E-state index in [-0.39, 0.29) is 0 Å². The second-order valence-electron chi connectivity index (χ2n) is 6.97. The van der Waals surface area contributed by atoms with Crippen LogP contribution in [0.5, 0.6) is 0 Å². The fourth-order valence-corrected chi connectivity index (χ4v) is 3.35. The molecule has 0 amide bonds. The number of rotatable bonds is 8. The number of nitrogens with zero attached hydrogens (tertiary/aromatic N) is 4. The van der Waals surface area contributed by atoms with Crippen LogP contribution in [0, 0.1) is 0 Å². The van der Waals surface area contributed by atoms with Gasteiger partial charge in [-0.25, -0.2) is 18.3 Å². The topological polar surface area (TPSA) is 17.6 Å². The maximum absolute atomic E-state index is 2.27. The third kappa shape index (κ3) is 4.94. The summed E-state index contributed by atoms with van der Waals surface area (Å²) in [6.07, 6.45) is 14.1. The first-order valence-corrected chi connectivity index (χ1v) is 9.53. The zero-order valence-corrected chi connectivity index (χ0v) is 15.6. The van der Waals surface area contributed by atoms with E-state index in [4.69, 9.17) is 0 Å². The molecular formula is C23H26N4+2. The van der Waals surface area contributed by atoms with Crippen molar-refractivity contribution in [3.8, 4) is 0 Å². The molecule has 4 nitrogen and oxygen atoms in total. The number of hydrogen-bond donors (Lipinski definition) is 0. The average Bonchev–Trinajstić information content (AvgIpc) is 3.33. The van der Waals surface area contributed by atoms with Gasteiger partial charge in [0.15, 0.2) is 0 Å². The van der Waals surface area contributed by atoms with E-state index >= 15 is 0 Å². The van der Waals surface area contributed by atoms with Gasteiger partial charge in [0, 0.05) is 6.42 Å². The molecule has 0 N–H and O–H groups in total. The number of aromatic nitrogens is 4. The standard InChI is InChI=1S/C23H26N4/c1-3-8-22(9-4-1)18-26-16-14-24(20-26)12-7-13-25-15-17-27(21-25)19-23-10-5-2-6-11-23/h1-6,8-11,14-17,20-21H,7,12-13,18-19H2/q+2. The van der Waals surface area contributed by atoms with Gasteiger partial charge in [-0.05, 0) is 11.1 Å². The normalized spacial score (nSPS) is 11.0. The Morgan fingerprint density at radius 2 is 1.04 bits per heavy atom. The lowest BCUT2D eigenvalue weighted by Crippen LogP contribution is -2.31. The summed E-state index contributed by atoms with van der Waals surface area (Å²) in [6.45, 7) is 3.90. The molecule has 0 atom stereocenters. The second-order valence-corrected chi connectivity index (χ2v) is 6.97. The molecule has 136 valence electrons. The van der Waals surface area contributed by atoms with E-state index in [0.29, 0.717) is 0 Å². The summed E-state index contributed by atoms with van der Waals surface area (Å²) >= 11 is 0. The van der Waals surface area contributed by atoms with E-state index in [0.717, 1.165) is 32.6 Å². The van der Waals surface area contributed by atoms with Crippen molar-refractivity contribution in [3.63, 3.8) is 0 Å². The third-order valence-electron chi connectivity index (χ3n) is 4.74. The van der Waals surface area contributed by atoms with Crippen LogP contribution in [0.15, 0.2) is 98.1 Å². The quantitative estimate of drug-likeness (QED) is 0.431. The molecule has 0 radical (unpaired) electrons. The lowest BCUT2D eigenvalue weighted by molar-refractivity contribution is -0.687. The fraction of sp³-hybridized carbons (Fsp3) is 0.217. The Labute approximate surface area is 160 Å². The highest BCUT2D eigenvalue weighted by atomic mass is 15.1. The Hall–Kier alpha value is -3.14.